The summed E-state index contributed by atoms with van der Waals surface area (Å²) in [5.41, 5.74) is 5.27. The molecule has 0 aliphatic heterocycles. The number of methoxy groups -OCH3 is 1. The van der Waals surface area contributed by atoms with Gasteiger partial charge in [0.05, 0.1) is 37.1 Å². The van der Waals surface area contributed by atoms with Crippen LogP contribution in [-0.2, 0) is 6.42 Å². The molecule has 33 heavy (non-hydrogen) atoms. The van der Waals surface area contributed by atoms with Gasteiger partial charge in [-0.25, -0.2) is 4.98 Å². The van der Waals surface area contributed by atoms with Crippen molar-refractivity contribution in [3.8, 4) is 22.8 Å². The van der Waals surface area contributed by atoms with Gasteiger partial charge in [0.2, 0.25) is 5.88 Å². The van der Waals surface area contributed by atoms with Gasteiger partial charge in [0.25, 0.3) is 0 Å². The largest absolute Gasteiger partial charge is 0.495 e. The Morgan fingerprint density at radius 2 is 1.97 bits per heavy atom. The molecule has 0 bridgehead atoms. The minimum Gasteiger partial charge on any atom is -0.495 e. The maximum Gasteiger partial charge on any atom is 0.222 e. The van der Waals surface area contributed by atoms with E-state index in [-0.39, 0.29) is 0 Å². The highest BCUT2D eigenvalue weighted by atomic mass is 16.5. The maximum absolute atomic E-state index is 9.62. The van der Waals surface area contributed by atoms with E-state index in [1.165, 1.54) is 0 Å². The third-order valence-electron chi connectivity index (χ3n) is 5.92. The van der Waals surface area contributed by atoms with Gasteiger partial charge in [-0.3, -0.25) is 15.0 Å². The second-order valence-electron chi connectivity index (χ2n) is 8.51. The Hall–Kier alpha value is -3.58. The predicted octanol–water partition coefficient (Wildman–Crippen LogP) is 4.20. The van der Waals surface area contributed by atoms with Gasteiger partial charge in [0, 0.05) is 53.2 Å². The maximum atomic E-state index is 9.62. The molecule has 0 aromatic carbocycles. The molecule has 3 atom stereocenters. The Kier molecular flexibility index (Phi) is 5.88. The standard InChI is InChI=1S/C26H26N4O3/c1-16(31)10-19-6-5-17(13-28-19)22-12-25-24(4-3-9-27-25)30-26(22)33-15-18-11-21(18)23-8-7-20(32-2)14-29-23/h3-9,12-14,16,18,21,31H,10-11,15H2,1-2H3/t16?,18-,21+/m1/s1. The summed E-state index contributed by atoms with van der Waals surface area (Å²) < 4.78 is 11.5. The van der Waals surface area contributed by atoms with Crippen molar-refractivity contribution in [1.29, 1.82) is 0 Å². The number of nitrogens with zero attached hydrogens (tertiary/aromatic N) is 4. The van der Waals surface area contributed by atoms with Crippen LogP contribution in [0.5, 0.6) is 11.6 Å². The van der Waals surface area contributed by atoms with Crippen molar-refractivity contribution in [2.75, 3.05) is 13.7 Å². The van der Waals surface area contributed by atoms with E-state index in [4.69, 9.17) is 14.5 Å². The van der Waals surface area contributed by atoms with E-state index in [9.17, 15) is 5.11 Å². The number of ether oxygens (including phenoxy) is 2. The van der Waals surface area contributed by atoms with Crippen LogP contribution in [0.15, 0.2) is 61.1 Å². The first-order valence-electron chi connectivity index (χ1n) is 11.1. The fraction of sp³-hybridized carbons (Fsp3) is 0.308. The van der Waals surface area contributed by atoms with Crippen molar-refractivity contribution in [2.24, 2.45) is 5.92 Å². The highest BCUT2D eigenvalue weighted by Gasteiger charge is 2.40. The second kappa shape index (κ2) is 9.11. The third-order valence-corrected chi connectivity index (χ3v) is 5.92. The fourth-order valence-electron chi connectivity index (χ4n) is 4.02. The van der Waals surface area contributed by atoms with E-state index in [1.807, 2.05) is 42.5 Å². The summed E-state index contributed by atoms with van der Waals surface area (Å²) in [6.07, 6.45) is 6.45. The molecular formula is C26H26N4O3. The van der Waals surface area contributed by atoms with Crippen LogP contribution < -0.4 is 9.47 Å². The first-order chi connectivity index (χ1) is 16.1. The van der Waals surface area contributed by atoms with Gasteiger partial charge >= 0.3 is 0 Å². The molecule has 4 aromatic heterocycles. The minimum absolute atomic E-state index is 0.392. The quantitative estimate of drug-likeness (QED) is 0.437. The lowest BCUT2D eigenvalue weighted by atomic mass is 10.1. The Morgan fingerprint density at radius 1 is 1.06 bits per heavy atom. The van der Waals surface area contributed by atoms with Crippen molar-refractivity contribution >= 4 is 11.0 Å². The molecule has 7 nitrogen and oxygen atoms in total. The van der Waals surface area contributed by atoms with E-state index in [0.29, 0.717) is 30.7 Å². The monoisotopic (exact) mass is 442 g/mol. The lowest BCUT2D eigenvalue weighted by Gasteiger charge is -2.12. The molecule has 1 fully saturated rings. The zero-order chi connectivity index (χ0) is 22.8. The van der Waals surface area contributed by atoms with Gasteiger partial charge in [-0.2, -0.15) is 0 Å². The topological polar surface area (TPSA) is 90.2 Å². The molecule has 168 valence electrons. The molecule has 0 spiro atoms. The molecule has 5 rings (SSSR count). The van der Waals surface area contributed by atoms with Gasteiger partial charge < -0.3 is 14.6 Å². The zero-order valence-corrected chi connectivity index (χ0v) is 18.7. The van der Waals surface area contributed by atoms with Crippen LogP contribution >= 0.6 is 0 Å². The Labute approximate surface area is 192 Å². The Bertz CT molecular complexity index is 1240. The Morgan fingerprint density at radius 3 is 2.70 bits per heavy atom. The summed E-state index contributed by atoms with van der Waals surface area (Å²) in [5.74, 6) is 2.13. The van der Waals surface area contributed by atoms with Crippen molar-refractivity contribution in [1.82, 2.24) is 19.9 Å². The number of fused-ring (bicyclic) bond motifs is 1. The fourth-order valence-corrected chi connectivity index (χ4v) is 4.02. The summed E-state index contributed by atoms with van der Waals surface area (Å²) in [6, 6.07) is 13.7. The predicted molar refractivity (Wildman–Crippen MR) is 125 cm³/mol. The molecule has 0 amide bonds. The van der Waals surface area contributed by atoms with E-state index in [2.05, 4.69) is 15.0 Å². The van der Waals surface area contributed by atoms with Crippen LogP contribution in [-0.4, -0.2) is 44.9 Å². The van der Waals surface area contributed by atoms with Crippen LogP contribution in [0.1, 0.15) is 30.7 Å². The van der Waals surface area contributed by atoms with E-state index in [0.717, 1.165) is 45.7 Å². The summed E-state index contributed by atoms with van der Waals surface area (Å²) in [7, 11) is 1.64. The van der Waals surface area contributed by atoms with E-state index < -0.39 is 6.10 Å². The molecule has 1 aliphatic rings. The minimum atomic E-state index is -0.430. The lowest BCUT2D eigenvalue weighted by Crippen LogP contribution is -2.06. The number of aromatic nitrogens is 4. The molecule has 1 N–H and O–H groups in total. The molecule has 1 aliphatic carbocycles. The van der Waals surface area contributed by atoms with Crippen LogP contribution in [0.3, 0.4) is 0 Å². The van der Waals surface area contributed by atoms with Crippen LogP contribution in [0.4, 0.5) is 0 Å². The number of aliphatic hydroxyl groups excluding tert-OH is 1. The van der Waals surface area contributed by atoms with Gasteiger partial charge in [0.15, 0.2) is 0 Å². The molecule has 7 heteroatoms. The number of hydrogen-bond acceptors (Lipinski definition) is 7. The first-order valence-corrected chi connectivity index (χ1v) is 11.1. The summed E-state index contributed by atoms with van der Waals surface area (Å²) >= 11 is 0. The third kappa shape index (κ3) is 4.78. The van der Waals surface area contributed by atoms with Crippen molar-refractivity contribution < 1.29 is 14.6 Å². The van der Waals surface area contributed by atoms with Crippen LogP contribution in [0.2, 0.25) is 0 Å². The van der Waals surface area contributed by atoms with Crippen LogP contribution in [0.25, 0.3) is 22.2 Å². The molecule has 1 saturated carbocycles. The summed E-state index contributed by atoms with van der Waals surface area (Å²) in [6.45, 7) is 2.32. The zero-order valence-electron chi connectivity index (χ0n) is 18.7. The highest BCUT2D eigenvalue weighted by Crippen LogP contribution is 2.47. The van der Waals surface area contributed by atoms with Crippen molar-refractivity contribution in [2.45, 2.75) is 31.8 Å². The first kappa shape index (κ1) is 21.3. The van der Waals surface area contributed by atoms with Crippen molar-refractivity contribution in [3.05, 3.63) is 72.4 Å². The average Bonchev–Trinajstić information content (AvgIpc) is 3.62. The summed E-state index contributed by atoms with van der Waals surface area (Å²) in [4.78, 5) is 18.2. The number of rotatable bonds is 8. The van der Waals surface area contributed by atoms with Crippen molar-refractivity contribution in [3.63, 3.8) is 0 Å². The van der Waals surface area contributed by atoms with Gasteiger partial charge in [0.1, 0.15) is 5.75 Å². The van der Waals surface area contributed by atoms with Gasteiger partial charge in [-0.05, 0) is 49.7 Å². The van der Waals surface area contributed by atoms with Gasteiger partial charge in [-0.1, -0.05) is 6.07 Å². The lowest BCUT2D eigenvalue weighted by molar-refractivity contribution is 0.194. The average molecular weight is 443 g/mol. The second-order valence-corrected chi connectivity index (χ2v) is 8.51. The number of hydrogen-bond donors (Lipinski definition) is 1. The SMILES string of the molecule is COc1ccc([C@H]2C[C@@H]2COc2nc3cccnc3cc2-c2ccc(CC(C)O)nc2)nc1. The normalized spacial score (nSPS) is 18.2. The highest BCUT2D eigenvalue weighted by molar-refractivity contribution is 5.83. The molecular weight excluding hydrogens is 416 g/mol. The smallest absolute Gasteiger partial charge is 0.222 e. The summed E-state index contributed by atoms with van der Waals surface area (Å²) in [5, 5.41) is 9.62. The van der Waals surface area contributed by atoms with E-state index >= 15 is 0 Å². The number of aliphatic hydroxyl groups is 1. The number of pyridine rings is 4. The molecule has 4 aromatic rings. The van der Waals surface area contributed by atoms with Crippen LogP contribution in [0, 0.1) is 5.92 Å². The molecule has 0 radical (unpaired) electrons. The molecule has 4 heterocycles. The van der Waals surface area contributed by atoms with E-state index in [1.54, 1.807) is 32.6 Å². The van der Waals surface area contributed by atoms with Gasteiger partial charge in [-0.15, -0.1) is 0 Å². The molecule has 1 unspecified atom stereocenters. The Balaban J connectivity index is 1.36. The molecule has 0 saturated heterocycles.